The van der Waals surface area contributed by atoms with E-state index in [2.05, 4.69) is 0 Å². The van der Waals surface area contributed by atoms with E-state index in [0.29, 0.717) is 4.57 Å². The molecule has 1 aromatic heterocycles. The normalized spacial score (nSPS) is 11.7. The number of aliphatic carboxylic acids is 1. The van der Waals surface area contributed by atoms with E-state index >= 15 is 0 Å². The van der Waals surface area contributed by atoms with Crippen LogP contribution in [-0.2, 0) is 17.5 Å². The summed E-state index contributed by atoms with van der Waals surface area (Å²) in [6.07, 6.45) is -4.82. The Kier molecular flexibility index (Phi) is 5.99. The van der Waals surface area contributed by atoms with Crippen LogP contribution in [0.25, 0.3) is 11.1 Å². The second kappa shape index (κ2) is 7.54. The first-order valence-electron chi connectivity index (χ1n) is 6.97. The average molecular weight is 435 g/mol. The van der Waals surface area contributed by atoms with Gasteiger partial charge in [-0.3, -0.25) is 0 Å². The summed E-state index contributed by atoms with van der Waals surface area (Å²) in [5, 5.41) is 7.18. The predicted molar refractivity (Wildman–Crippen MR) is 88.7 cm³/mol. The Morgan fingerprint density at radius 2 is 1.88 bits per heavy atom. The van der Waals surface area contributed by atoms with Gasteiger partial charge in [-0.15, -0.1) is 0 Å². The first-order chi connectivity index (χ1) is 12.0. The molecule has 11 heteroatoms. The summed E-state index contributed by atoms with van der Waals surface area (Å²) in [5.74, 6) is -2.56. The van der Waals surface area contributed by atoms with Gasteiger partial charge in [0.2, 0.25) is 0 Å². The van der Waals surface area contributed by atoms with Crippen molar-refractivity contribution in [2.75, 3.05) is 6.61 Å². The van der Waals surface area contributed by atoms with Crippen LogP contribution in [0.1, 0.15) is 12.6 Å². The number of carboxylic acids is 1. The summed E-state index contributed by atoms with van der Waals surface area (Å²) >= 11 is 17.7. The van der Waals surface area contributed by atoms with E-state index in [-0.39, 0.29) is 17.3 Å². The Morgan fingerprint density at radius 1 is 1.27 bits per heavy atom. The van der Waals surface area contributed by atoms with E-state index in [0.717, 1.165) is 12.1 Å². The fourth-order valence-corrected chi connectivity index (χ4v) is 3.39. The topological polar surface area (TPSA) is 51.5 Å². The van der Waals surface area contributed by atoms with Crippen molar-refractivity contribution in [3.8, 4) is 16.9 Å². The van der Waals surface area contributed by atoms with Crippen molar-refractivity contribution in [2.24, 2.45) is 0 Å². The molecule has 26 heavy (non-hydrogen) atoms. The highest BCUT2D eigenvalue weighted by atomic mass is 35.5. The lowest BCUT2D eigenvalue weighted by Gasteiger charge is -2.10. The first-order valence-corrected chi connectivity index (χ1v) is 8.11. The van der Waals surface area contributed by atoms with Gasteiger partial charge in [0.1, 0.15) is 22.4 Å². The molecule has 0 saturated carbocycles. The SMILES string of the molecule is CCn1c(Cl)c(-c2cc(OCC(=O)O)c(Cl)cc2F)c(Cl)c1C(F)(F)F. The molecule has 0 aliphatic rings. The number of hydrogen-bond acceptors (Lipinski definition) is 2. The van der Waals surface area contributed by atoms with E-state index in [1.165, 1.54) is 6.92 Å². The van der Waals surface area contributed by atoms with E-state index in [1.54, 1.807) is 0 Å². The Labute approximate surface area is 159 Å². The highest BCUT2D eigenvalue weighted by Crippen LogP contribution is 2.47. The zero-order chi connectivity index (χ0) is 19.8. The van der Waals surface area contributed by atoms with Crippen LogP contribution in [0, 0.1) is 5.82 Å². The van der Waals surface area contributed by atoms with Gasteiger partial charge in [0.25, 0.3) is 0 Å². The number of nitrogens with zero attached hydrogens (tertiary/aromatic N) is 1. The van der Waals surface area contributed by atoms with Crippen LogP contribution in [0.2, 0.25) is 15.2 Å². The maximum absolute atomic E-state index is 14.4. The van der Waals surface area contributed by atoms with E-state index in [4.69, 9.17) is 44.6 Å². The molecule has 0 aliphatic heterocycles. The number of ether oxygens (including phenoxy) is 1. The Balaban J connectivity index is 2.70. The first kappa shape index (κ1) is 20.7. The van der Waals surface area contributed by atoms with E-state index in [1.807, 2.05) is 0 Å². The van der Waals surface area contributed by atoms with Gasteiger partial charge in [0.15, 0.2) is 6.61 Å². The number of alkyl halides is 3. The second-order valence-corrected chi connectivity index (χ2v) is 6.16. The van der Waals surface area contributed by atoms with Crippen LogP contribution in [-0.4, -0.2) is 22.2 Å². The molecule has 0 amide bonds. The Bertz CT molecular complexity index is 865. The van der Waals surface area contributed by atoms with Crippen molar-refractivity contribution >= 4 is 40.8 Å². The summed E-state index contributed by atoms with van der Waals surface area (Å²) < 4.78 is 59.8. The maximum Gasteiger partial charge on any atom is 0.432 e. The summed E-state index contributed by atoms with van der Waals surface area (Å²) in [7, 11) is 0. The third-order valence-electron chi connectivity index (χ3n) is 3.37. The minimum Gasteiger partial charge on any atom is -0.480 e. The number of carbonyl (C=O) groups is 1. The number of halogens is 7. The summed E-state index contributed by atoms with van der Waals surface area (Å²) in [4.78, 5) is 10.6. The molecule has 4 nitrogen and oxygen atoms in total. The average Bonchev–Trinajstić information content (AvgIpc) is 2.77. The molecule has 0 unspecified atom stereocenters. The number of aromatic nitrogens is 1. The molecule has 1 N–H and O–H groups in total. The molecule has 1 aromatic carbocycles. The Hall–Kier alpha value is -1.64. The van der Waals surface area contributed by atoms with Gasteiger partial charge >= 0.3 is 12.1 Å². The van der Waals surface area contributed by atoms with Gasteiger partial charge in [-0.1, -0.05) is 34.8 Å². The molecule has 2 aromatic rings. The number of hydrogen-bond donors (Lipinski definition) is 1. The highest BCUT2D eigenvalue weighted by molar-refractivity contribution is 6.40. The number of benzene rings is 1. The quantitative estimate of drug-likeness (QED) is 0.609. The predicted octanol–water partition coefficient (Wildman–Crippen LogP) is 5.76. The van der Waals surface area contributed by atoms with Gasteiger partial charge in [0, 0.05) is 17.7 Å². The molecule has 2 rings (SSSR count). The van der Waals surface area contributed by atoms with Crippen molar-refractivity contribution < 1.29 is 32.2 Å². The van der Waals surface area contributed by atoms with Crippen molar-refractivity contribution in [3.63, 3.8) is 0 Å². The minimum absolute atomic E-state index is 0.162. The lowest BCUT2D eigenvalue weighted by Crippen LogP contribution is -2.13. The van der Waals surface area contributed by atoms with Crippen LogP contribution >= 0.6 is 34.8 Å². The molecule has 0 fully saturated rings. The molecule has 0 saturated heterocycles. The van der Waals surface area contributed by atoms with Crippen molar-refractivity contribution in [2.45, 2.75) is 19.6 Å². The second-order valence-electron chi connectivity index (χ2n) is 5.02. The summed E-state index contributed by atoms with van der Waals surface area (Å²) in [6.45, 7) is 0.474. The Morgan fingerprint density at radius 3 is 2.35 bits per heavy atom. The smallest absolute Gasteiger partial charge is 0.432 e. The van der Waals surface area contributed by atoms with Gasteiger partial charge in [-0.25, -0.2) is 9.18 Å². The zero-order valence-corrected chi connectivity index (χ0v) is 15.2. The summed E-state index contributed by atoms with van der Waals surface area (Å²) in [5.41, 5.74) is -2.01. The van der Waals surface area contributed by atoms with Gasteiger partial charge < -0.3 is 14.4 Å². The lowest BCUT2D eigenvalue weighted by molar-refractivity contribution is -0.143. The molecule has 0 radical (unpaired) electrons. The molecule has 142 valence electrons. The monoisotopic (exact) mass is 433 g/mol. The van der Waals surface area contributed by atoms with Crippen LogP contribution in [0.15, 0.2) is 12.1 Å². The largest absolute Gasteiger partial charge is 0.480 e. The molecule has 0 bridgehead atoms. The van der Waals surface area contributed by atoms with E-state index < -0.39 is 51.6 Å². The van der Waals surface area contributed by atoms with Gasteiger partial charge in [-0.2, -0.15) is 13.2 Å². The van der Waals surface area contributed by atoms with Crippen LogP contribution in [0.4, 0.5) is 17.6 Å². The van der Waals surface area contributed by atoms with Crippen LogP contribution < -0.4 is 4.74 Å². The zero-order valence-electron chi connectivity index (χ0n) is 12.9. The van der Waals surface area contributed by atoms with Crippen LogP contribution in [0.3, 0.4) is 0 Å². The van der Waals surface area contributed by atoms with Crippen molar-refractivity contribution in [1.82, 2.24) is 4.57 Å². The van der Waals surface area contributed by atoms with Crippen molar-refractivity contribution in [3.05, 3.63) is 38.8 Å². The standard InChI is InChI=1S/C15H10Cl3F4NO3/c1-2-23-13(15(20,21)22)12(17)11(14(23)18)6-3-9(26-5-10(24)25)7(16)4-8(6)19/h3-4H,2,5H2,1H3,(H,24,25). The lowest BCUT2D eigenvalue weighted by atomic mass is 10.1. The van der Waals surface area contributed by atoms with Crippen molar-refractivity contribution in [1.29, 1.82) is 0 Å². The molecule has 0 spiro atoms. The molecule has 0 atom stereocenters. The van der Waals surface area contributed by atoms with Gasteiger partial charge in [0.05, 0.1) is 10.0 Å². The van der Waals surface area contributed by atoms with E-state index in [9.17, 15) is 22.4 Å². The minimum atomic E-state index is -4.82. The third kappa shape index (κ3) is 3.87. The third-order valence-corrected chi connectivity index (χ3v) is 4.42. The maximum atomic E-state index is 14.4. The summed E-state index contributed by atoms with van der Waals surface area (Å²) in [6, 6.07) is 1.73. The fraction of sp³-hybridized carbons (Fsp3) is 0.267. The van der Waals surface area contributed by atoms with Crippen LogP contribution in [0.5, 0.6) is 5.75 Å². The molecular weight excluding hydrogens is 425 g/mol. The molecular formula is C15H10Cl3F4NO3. The molecule has 0 aliphatic carbocycles. The molecule has 1 heterocycles. The number of carboxylic acid groups (broad SMARTS) is 1. The van der Waals surface area contributed by atoms with Gasteiger partial charge in [-0.05, 0) is 19.1 Å². The fourth-order valence-electron chi connectivity index (χ4n) is 2.34. The highest BCUT2D eigenvalue weighted by Gasteiger charge is 2.40. The number of rotatable bonds is 5.